The third-order valence-corrected chi connectivity index (χ3v) is 4.84. The smallest absolute Gasteiger partial charge is 0.410 e. The molecule has 2 aromatic heterocycles. The molecule has 6 nitrogen and oxygen atoms in total. The molecule has 3 aromatic rings. The summed E-state index contributed by atoms with van der Waals surface area (Å²) in [4.78, 5) is 12.6. The second-order valence-corrected chi connectivity index (χ2v) is 6.85. The Bertz CT molecular complexity index is 1050. The summed E-state index contributed by atoms with van der Waals surface area (Å²) in [6.07, 6.45) is -2.52. The van der Waals surface area contributed by atoms with E-state index in [9.17, 15) is 22.4 Å². The minimum absolute atomic E-state index is 0.0920. The highest BCUT2D eigenvalue weighted by Gasteiger charge is 2.47. The number of halogens is 5. The normalized spacial score (nSPS) is 18.8. The Hall–Kier alpha value is -3.01. The van der Waals surface area contributed by atoms with Gasteiger partial charge < -0.3 is 15.1 Å². The summed E-state index contributed by atoms with van der Waals surface area (Å²) in [5, 5.41) is 8.95. The van der Waals surface area contributed by atoms with Crippen LogP contribution in [0.15, 0.2) is 47.2 Å². The van der Waals surface area contributed by atoms with E-state index in [0.29, 0.717) is 5.76 Å². The maximum atomic E-state index is 13.6. The fourth-order valence-corrected chi connectivity index (χ4v) is 3.36. The van der Waals surface area contributed by atoms with Crippen LogP contribution in [0.3, 0.4) is 0 Å². The molecule has 3 heterocycles. The van der Waals surface area contributed by atoms with E-state index in [-0.39, 0.29) is 28.5 Å². The summed E-state index contributed by atoms with van der Waals surface area (Å²) in [5.74, 6) is -1.17. The van der Waals surface area contributed by atoms with Crippen LogP contribution in [0.1, 0.15) is 34.6 Å². The number of nitrogens with zero attached hydrogens (tertiary/aromatic N) is 2. The molecule has 0 saturated carbocycles. The van der Waals surface area contributed by atoms with Crippen molar-refractivity contribution in [2.45, 2.75) is 24.7 Å². The summed E-state index contributed by atoms with van der Waals surface area (Å²) >= 11 is 5.69. The van der Waals surface area contributed by atoms with Crippen LogP contribution in [0.5, 0.6) is 0 Å². The van der Waals surface area contributed by atoms with E-state index in [1.807, 2.05) is 0 Å². The second kappa shape index (κ2) is 7.11. The number of anilines is 2. The van der Waals surface area contributed by atoms with Crippen molar-refractivity contribution in [1.29, 1.82) is 0 Å². The quantitative estimate of drug-likeness (QED) is 0.564. The number of carbonyl (C=O) groups excluding carboxylic acids is 1. The number of furan rings is 1. The van der Waals surface area contributed by atoms with Gasteiger partial charge in [-0.05, 0) is 30.3 Å². The minimum atomic E-state index is -4.58. The van der Waals surface area contributed by atoms with Crippen LogP contribution >= 0.6 is 11.6 Å². The average molecular weight is 429 g/mol. The monoisotopic (exact) mass is 428 g/mol. The first-order valence-corrected chi connectivity index (χ1v) is 8.82. The summed E-state index contributed by atoms with van der Waals surface area (Å²) in [6.45, 7) is 0. The molecular formula is C18H13ClF4N4O2. The number of aromatic nitrogens is 2. The number of fused-ring (bicyclic) bond motifs is 1. The number of amides is 1. The fourth-order valence-electron chi connectivity index (χ4n) is 3.18. The Morgan fingerprint density at radius 3 is 2.79 bits per heavy atom. The Morgan fingerprint density at radius 2 is 2.14 bits per heavy atom. The number of rotatable bonds is 3. The van der Waals surface area contributed by atoms with Crippen LogP contribution in [0.2, 0.25) is 5.02 Å². The van der Waals surface area contributed by atoms with E-state index in [1.165, 1.54) is 18.4 Å². The molecule has 1 aliphatic rings. The zero-order valence-electron chi connectivity index (χ0n) is 14.5. The molecule has 152 valence electrons. The zero-order chi connectivity index (χ0) is 20.8. The standard InChI is InChI=1S/C18H13ClF4N4O2/c19-11-6-9(3-4-12(11)20)25-17(28)10-8-24-27-15(18(21,22)23)7-13(26-16(10)27)14-2-1-5-29-14/h1-6,8,13,15,26H,7H2,(H,25,28). The molecule has 0 radical (unpaired) electrons. The molecule has 0 spiro atoms. The van der Waals surface area contributed by atoms with Gasteiger partial charge in [-0.25, -0.2) is 9.07 Å². The van der Waals surface area contributed by atoms with Crippen LogP contribution in [0, 0.1) is 5.82 Å². The predicted molar refractivity (Wildman–Crippen MR) is 96.4 cm³/mol. The van der Waals surface area contributed by atoms with Gasteiger partial charge in [0.05, 0.1) is 23.5 Å². The van der Waals surface area contributed by atoms with E-state index in [0.717, 1.165) is 16.9 Å². The average Bonchev–Trinajstić information content (AvgIpc) is 3.32. The molecule has 2 unspecified atom stereocenters. The number of hydrogen-bond acceptors (Lipinski definition) is 4. The first kappa shape index (κ1) is 19.3. The topological polar surface area (TPSA) is 72.1 Å². The Morgan fingerprint density at radius 1 is 1.34 bits per heavy atom. The van der Waals surface area contributed by atoms with Gasteiger partial charge in [-0.2, -0.15) is 18.3 Å². The third kappa shape index (κ3) is 3.67. The maximum absolute atomic E-state index is 13.6. The molecular weight excluding hydrogens is 416 g/mol. The first-order chi connectivity index (χ1) is 13.7. The van der Waals surface area contributed by atoms with Crippen LogP contribution in [0.4, 0.5) is 29.1 Å². The van der Waals surface area contributed by atoms with E-state index in [1.54, 1.807) is 12.1 Å². The SMILES string of the molecule is O=C(Nc1ccc(F)c(Cl)c1)c1cnn2c1NC(c1ccco1)CC2C(F)(F)F. The van der Waals surface area contributed by atoms with E-state index >= 15 is 0 Å². The van der Waals surface area contributed by atoms with Crippen molar-refractivity contribution < 1.29 is 26.8 Å². The molecule has 4 rings (SSSR count). The number of alkyl halides is 3. The van der Waals surface area contributed by atoms with Crippen molar-refractivity contribution in [3.63, 3.8) is 0 Å². The van der Waals surface area contributed by atoms with Crippen LogP contribution in [-0.2, 0) is 0 Å². The lowest BCUT2D eigenvalue weighted by Crippen LogP contribution is -2.36. The summed E-state index contributed by atoms with van der Waals surface area (Å²) in [7, 11) is 0. The Kier molecular flexibility index (Phi) is 4.73. The number of carbonyl (C=O) groups is 1. The van der Waals surface area contributed by atoms with Gasteiger partial charge in [0, 0.05) is 12.1 Å². The van der Waals surface area contributed by atoms with E-state index in [2.05, 4.69) is 15.7 Å². The van der Waals surface area contributed by atoms with E-state index < -0.39 is 30.0 Å². The van der Waals surface area contributed by atoms with Gasteiger partial charge in [-0.1, -0.05) is 11.6 Å². The molecule has 0 bridgehead atoms. The van der Waals surface area contributed by atoms with Gasteiger partial charge >= 0.3 is 6.18 Å². The van der Waals surface area contributed by atoms with Crippen molar-refractivity contribution in [3.8, 4) is 0 Å². The van der Waals surface area contributed by atoms with Crippen molar-refractivity contribution in [2.24, 2.45) is 0 Å². The lowest BCUT2D eigenvalue weighted by atomic mass is 10.0. The predicted octanol–water partition coefficient (Wildman–Crippen LogP) is 5.18. The fraction of sp³-hybridized carbons (Fsp3) is 0.222. The highest BCUT2D eigenvalue weighted by molar-refractivity contribution is 6.31. The Balaban J connectivity index is 1.67. The lowest BCUT2D eigenvalue weighted by molar-refractivity contribution is -0.174. The van der Waals surface area contributed by atoms with E-state index in [4.69, 9.17) is 16.0 Å². The first-order valence-electron chi connectivity index (χ1n) is 8.44. The third-order valence-electron chi connectivity index (χ3n) is 4.55. The van der Waals surface area contributed by atoms with Crippen LogP contribution < -0.4 is 10.6 Å². The highest BCUT2D eigenvalue weighted by Crippen LogP contribution is 2.44. The number of benzene rings is 1. The maximum Gasteiger partial charge on any atom is 0.410 e. The van der Waals surface area contributed by atoms with Crippen LogP contribution in [0.25, 0.3) is 0 Å². The molecule has 1 aromatic carbocycles. The van der Waals surface area contributed by atoms with Gasteiger partial charge in [0.2, 0.25) is 0 Å². The molecule has 0 aliphatic carbocycles. The van der Waals surface area contributed by atoms with Gasteiger partial charge in [0.25, 0.3) is 5.91 Å². The van der Waals surface area contributed by atoms with Crippen molar-refractivity contribution in [1.82, 2.24) is 9.78 Å². The largest absolute Gasteiger partial charge is 0.467 e. The molecule has 2 N–H and O–H groups in total. The molecule has 1 aliphatic heterocycles. The Labute approximate surface area is 166 Å². The zero-order valence-corrected chi connectivity index (χ0v) is 15.3. The number of hydrogen-bond donors (Lipinski definition) is 2. The number of nitrogens with one attached hydrogen (secondary N) is 2. The molecule has 1 amide bonds. The summed E-state index contributed by atoms with van der Waals surface area (Å²) in [5.41, 5.74) is 0.0862. The van der Waals surface area contributed by atoms with Gasteiger partial charge in [-0.15, -0.1) is 0 Å². The molecule has 2 atom stereocenters. The van der Waals surface area contributed by atoms with Gasteiger partial charge in [0.15, 0.2) is 6.04 Å². The van der Waals surface area contributed by atoms with Crippen molar-refractivity contribution in [3.05, 3.63) is 65.0 Å². The van der Waals surface area contributed by atoms with Gasteiger partial charge in [-0.3, -0.25) is 4.79 Å². The van der Waals surface area contributed by atoms with Crippen molar-refractivity contribution >= 4 is 29.0 Å². The molecule has 29 heavy (non-hydrogen) atoms. The highest BCUT2D eigenvalue weighted by atomic mass is 35.5. The van der Waals surface area contributed by atoms with Crippen LogP contribution in [-0.4, -0.2) is 21.9 Å². The lowest BCUT2D eigenvalue weighted by Gasteiger charge is -2.32. The van der Waals surface area contributed by atoms with Crippen molar-refractivity contribution in [2.75, 3.05) is 10.6 Å². The molecule has 0 saturated heterocycles. The molecule has 11 heteroatoms. The molecule has 0 fully saturated rings. The summed E-state index contributed by atoms with van der Waals surface area (Å²) in [6, 6.07) is 3.93. The minimum Gasteiger partial charge on any atom is -0.467 e. The van der Waals surface area contributed by atoms with Gasteiger partial charge in [0.1, 0.15) is 23.0 Å². The second-order valence-electron chi connectivity index (χ2n) is 6.44. The summed E-state index contributed by atoms with van der Waals surface area (Å²) < 4.78 is 60.1.